The van der Waals surface area contributed by atoms with E-state index >= 15 is 0 Å². The monoisotopic (exact) mass is 646 g/mol. The molecule has 210 valence electrons. The van der Waals surface area contributed by atoms with Gasteiger partial charge in [0.15, 0.2) is 0 Å². The molecule has 2 aromatic carbocycles. The molecule has 1 aliphatic heterocycles. The fraction of sp³-hybridized carbons (Fsp3) is 0.200. The molecule has 0 radical (unpaired) electrons. The Hall–Kier alpha value is -3.66. The van der Waals surface area contributed by atoms with Crippen LogP contribution < -0.4 is 19.7 Å². The Labute approximate surface area is 241 Å². The van der Waals surface area contributed by atoms with Crippen molar-refractivity contribution in [1.29, 1.82) is 0 Å². The van der Waals surface area contributed by atoms with E-state index in [9.17, 15) is 16.8 Å². The maximum atomic E-state index is 12.3. The van der Waals surface area contributed by atoms with Crippen molar-refractivity contribution in [3.05, 3.63) is 90.2 Å². The molecule has 5 rings (SSSR count). The number of nitrogens with zero attached hydrogens (tertiary/aromatic N) is 5. The summed E-state index contributed by atoms with van der Waals surface area (Å²) in [5.74, 6) is 0.489. The van der Waals surface area contributed by atoms with Gasteiger partial charge in [-0.15, -0.1) is 0 Å². The zero-order valence-corrected chi connectivity index (χ0v) is 24.6. The number of halogens is 1. The van der Waals surface area contributed by atoms with Crippen molar-refractivity contribution in [2.24, 2.45) is 0 Å². The summed E-state index contributed by atoms with van der Waals surface area (Å²) in [5.41, 5.74) is 1.03. The third-order valence-electron chi connectivity index (χ3n) is 5.65. The van der Waals surface area contributed by atoms with E-state index in [4.69, 9.17) is 0 Å². The molecule has 15 heteroatoms. The normalized spacial score (nSPS) is 15.4. The van der Waals surface area contributed by atoms with Crippen LogP contribution in [0.25, 0.3) is 0 Å². The van der Waals surface area contributed by atoms with Gasteiger partial charge in [-0.3, -0.25) is 9.44 Å². The lowest BCUT2D eigenvalue weighted by atomic mass is 10.2. The summed E-state index contributed by atoms with van der Waals surface area (Å²) in [6.07, 6.45) is 5.53. The van der Waals surface area contributed by atoms with Gasteiger partial charge < -0.3 is 10.2 Å². The lowest BCUT2D eigenvalue weighted by Gasteiger charge is -2.33. The topological polar surface area (TPSA) is 159 Å². The molecule has 0 unspecified atom stereocenters. The molecule has 1 saturated heterocycles. The van der Waals surface area contributed by atoms with Gasteiger partial charge in [-0.05, 0) is 67.6 Å². The molecule has 1 fully saturated rings. The molecule has 0 spiro atoms. The minimum absolute atomic E-state index is 0.180. The molecule has 1 atom stereocenters. The molecule has 0 aliphatic carbocycles. The van der Waals surface area contributed by atoms with E-state index in [1.807, 2.05) is 12.1 Å². The second kappa shape index (κ2) is 13.1. The Kier molecular flexibility index (Phi) is 9.63. The first-order chi connectivity index (χ1) is 19.1. The molecular weight excluding hydrogens is 620 g/mol. The van der Waals surface area contributed by atoms with Crippen LogP contribution in [0.1, 0.15) is 6.92 Å². The number of nitrogens with one attached hydrogen (secondary N) is 3. The summed E-state index contributed by atoms with van der Waals surface area (Å²) in [5, 5.41) is 3.39. The van der Waals surface area contributed by atoms with Gasteiger partial charge in [-0.25, -0.2) is 36.8 Å². The first kappa shape index (κ1) is 29.3. The van der Waals surface area contributed by atoms with Gasteiger partial charge in [-0.1, -0.05) is 15.9 Å². The van der Waals surface area contributed by atoms with Crippen molar-refractivity contribution in [3.8, 4) is 0 Å². The number of benzene rings is 2. The molecule has 3 N–H and O–H groups in total. The molecule has 0 bridgehead atoms. The number of aromatic nitrogens is 4. The largest absolute Gasteiger partial charge is 0.369 e. The number of anilines is 3. The average Bonchev–Trinajstić information content (AvgIpc) is 2.94. The van der Waals surface area contributed by atoms with E-state index < -0.39 is 20.0 Å². The first-order valence-corrected chi connectivity index (χ1v) is 15.8. The number of hydrogen-bond acceptors (Lipinski definition) is 10. The Morgan fingerprint density at radius 1 is 0.800 bits per heavy atom. The smallest absolute Gasteiger partial charge is 0.263 e. The van der Waals surface area contributed by atoms with E-state index in [-0.39, 0.29) is 21.4 Å². The minimum atomic E-state index is -3.64. The summed E-state index contributed by atoms with van der Waals surface area (Å²) in [4.78, 5) is 17.8. The molecule has 2 aromatic heterocycles. The first-order valence-electron chi connectivity index (χ1n) is 12.0. The van der Waals surface area contributed by atoms with Crippen LogP contribution in [0.15, 0.2) is 100.0 Å². The molecule has 0 amide bonds. The van der Waals surface area contributed by atoms with Crippen LogP contribution in [0.2, 0.25) is 0 Å². The number of hydrogen-bond donors (Lipinski definition) is 3. The highest BCUT2D eigenvalue weighted by Gasteiger charge is 2.18. The van der Waals surface area contributed by atoms with Crippen molar-refractivity contribution in [3.63, 3.8) is 0 Å². The zero-order valence-electron chi connectivity index (χ0n) is 21.3. The quantitative estimate of drug-likeness (QED) is 0.272. The second-order valence-corrected chi connectivity index (χ2v) is 12.9. The molecule has 0 saturated carbocycles. The number of sulfonamides is 2. The standard InChI is InChI=1S/C15H19N5O2S.C10H8BrN3O2S/c1-12-10-20(9-8-17-12)13-2-4-14(5-3-13)23(21,22)19-15-6-7-16-11-18-15;11-8-1-3-9(4-2-8)17(15,16)14-10-5-6-12-7-13-10/h2-7,11-12,17H,8-10H2,1H3,(H,16,18,19);1-7H,(H,12,13,14)/t12-;/m1./s1. The van der Waals surface area contributed by atoms with Crippen LogP contribution in [0, 0.1) is 0 Å². The summed E-state index contributed by atoms with van der Waals surface area (Å²) in [7, 11) is -7.23. The van der Waals surface area contributed by atoms with E-state index in [2.05, 4.69) is 62.5 Å². The molecule has 4 aromatic rings. The number of rotatable bonds is 7. The third kappa shape index (κ3) is 8.17. The van der Waals surface area contributed by atoms with Crippen LogP contribution in [-0.4, -0.2) is 62.4 Å². The average molecular weight is 648 g/mol. The van der Waals surface area contributed by atoms with Gasteiger partial charge in [0.05, 0.1) is 9.79 Å². The molecular formula is C25H27BrN8O4S2. The Balaban J connectivity index is 0.000000194. The lowest BCUT2D eigenvalue weighted by Crippen LogP contribution is -2.49. The minimum Gasteiger partial charge on any atom is -0.369 e. The van der Waals surface area contributed by atoms with Crippen molar-refractivity contribution in [2.45, 2.75) is 22.8 Å². The number of piperazine rings is 1. The van der Waals surface area contributed by atoms with Gasteiger partial charge >= 0.3 is 0 Å². The summed E-state index contributed by atoms with van der Waals surface area (Å²) in [6, 6.07) is 16.7. The summed E-state index contributed by atoms with van der Waals surface area (Å²) in [6.45, 7) is 4.88. The van der Waals surface area contributed by atoms with Crippen LogP contribution in [-0.2, 0) is 20.0 Å². The SMILES string of the molecule is C[C@@H]1CN(c2ccc(S(=O)(=O)Nc3ccncn3)cc2)CCN1.O=S(=O)(Nc1ccncn1)c1ccc(Br)cc1. The molecule has 12 nitrogen and oxygen atoms in total. The van der Waals surface area contributed by atoms with Crippen molar-refractivity contribution in [2.75, 3.05) is 34.0 Å². The Bertz CT molecular complexity index is 1590. The highest BCUT2D eigenvalue weighted by atomic mass is 79.9. The van der Waals surface area contributed by atoms with Crippen molar-refractivity contribution < 1.29 is 16.8 Å². The van der Waals surface area contributed by atoms with E-state index in [1.54, 1.807) is 24.3 Å². The summed E-state index contributed by atoms with van der Waals surface area (Å²) < 4.78 is 54.2. The van der Waals surface area contributed by atoms with Gasteiger partial charge in [0, 0.05) is 48.2 Å². The molecule has 3 heterocycles. The molecule has 40 heavy (non-hydrogen) atoms. The van der Waals surface area contributed by atoms with Crippen molar-refractivity contribution >= 4 is 53.3 Å². The van der Waals surface area contributed by atoms with Gasteiger partial charge in [0.1, 0.15) is 24.3 Å². The van der Waals surface area contributed by atoms with Gasteiger partial charge in [0.2, 0.25) is 0 Å². The summed E-state index contributed by atoms with van der Waals surface area (Å²) >= 11 is 3.24. The second-order valence-electron chi connectivity index (χ2n) is 8.65. The van der Waals surface area contributed by atoms with E-state index in [0.29, 0.717) is 6.04 Å². The van der Waals surface area contributed by atoms with E-state index in [0.717, 1.165) is 29.8 Å². The maximum Gasteiger partial charge on any atom is 0.263 e. The van der Waals surface area contributed by atoms with Crippen LogP contribution >= 0.6 is 15.9 Å². The van der Waals surface area contributed by atoms with Crippen LogP contribution in [0.4, 0.5) is 17.3 Å². The highest BCUT2D eigenvalue weighted by molar-refractivity contribution is 9.10. The van der Waals surface area contributed by atoms with Gasteiger partial charge in [-0.2, -0.15) is 0 Å². The van der Waals surface area contributed by atoms with Crippen molar-refractivity contribution in [1.82, 2.24) is 25.3 Å². The fourth-order valence-electron chi connectivity index (χ4n) is 3.71. The molecule has 1 aliphatic rings. The Morgan fingerprint density at radius 3 is 1.75 bits per heavy atom. The van der Waals surface area contributed by atoms with Crippen LogP contribution in [0.3, 0.4) is 0 Å². The highest BCUT2D eigenvalue weighted by Crippen LogP contribution is 2.21. The van der Waals surface area contributed by atoms with E-state index in [1.165, 1.54) is 49.3 Å². The lowest BCUT2D eigenvalue weighted by molar-refractivity contribution is 0.485. The Morgan fingerprint density at radius 2 is 1.30 bits per heavy atom. The third-order valence-corrected chi connectivity index (χ3v) is 8.92. The maximum absolute atomic E-state index is 12.3. The fourth-order valence-corrected chi connectivity index (χ4v) is 5.99. The predicted molar refractivity (Wildman–Crippen MR) is 156 cm³/mol. The predicted octanol–water partition coefficient (Wildman–Crippen LogP) is 3.12. The van der Waals surface area contributed by atoms with Crippen LogP contribution in [0.5, 0.6) is 0 Å². The van der Waals surface area contributed by atoms with Gasteiger partial charge in [0.25, 0.3) is 20.0 Å². The zero-order chi connectivity index (χ0) is 28.6.